The quantitative estimate of drug-likeness (QED) is 0.697. The van der Waals surface area contributed by atoms with Crippen LogP contribution in [0.1, 0.15) is 33.1 Å². The van der Waals surface area contributed by atoms with E-state index in [9.17, 15) is 14.7 Å². The number of aromatic nitrogens is 1. The Morgan fingerprint density at radius 2 is 1.93 bits per heavy atom. The maximum atomic E-state index is 13.0. The van der Waals surface area contributed by atoms with E-state index in [1.807, 2.05) is 38.1 Å². The molecule has 7 nitrogen and oxygen atoms in total. The number of carbonyl (C=O) groups excluding carboxylic acids is 2. The maximum absolute atomic E-state index is 13.0. The van der Waals surface area contributed by atoms with Crippen LogP contribution in [0.2, 0.25) is 0 Å². The third kappa shape index (κ3) is 5.44. The SMILES string of the molecule is CC(C)CC(NC(=O)Nc1cccc2cccnc12)C(=O)N1CCC(CO)CC1. The minimum Gasteiger partial charge on any atom is -0.396 e. The number of para-hydroxylation sites is 1. The van der Waals surface area contributed by atoms with Gasteiger partial charge in [0.05, 0.1) is 11.2 Å². The number of likely N-dealkylation sites (tertiary alicyclic amines) is 1. The van der Waals surface area contributed by atoms with Crippen LogP contribution >= 0.6 is 0 Å². The van der Waals surface area contributed by atoms with Gasteiger partial charge in [-0.2, -0.15) is 0 Å². The highest BCUT2D eigenvalue weighted by Crippen LogP contribution is 2.21. The molecule has 29 heavy (non-hydrogen) atoms. The number of pyridine rings is 1. The molecule has 0 aliphatic carbocycles. The highest BCUT2D eigenvalue weighted by atomic mass is 16.3. The third-order valence-corrected chi connectivity index (χ3v) is 5.38. The number of hydrogen-bond acceptors (Lipinski definition) is 4. The lowest BCUT2D eigenvalue weighted by molar-refractivity contribution is -0.135. The first kappa shape index (κ1) is 21.0. The van der Waals surface area contributed by atoms with Gasteiger partial charge in [-0.25, -0.2) is 4.79 Å². The van der Waals surface area contributed by atoms with E-state index >= 15 is 0 Å². The van der Waals surface area contributed by atoms with Crippen LogP contribution in [0.4, 0.5) is 10.5 Å². The van der Waals surface area contributed by atoms with E-state index in [0.29, 0.717) is 30.7 Å². The molecule has 1 unspecified atom stereocenters. The van der Waals surface area contributed by atoms with Crippen molar-refractivity contribution in [3.63, 3.8) is 0 Å². The average Bonchev–Trinajstić information content (AvgIpc) is 2.73. The zero-order valence-electron chi connectivity index (χ0n) is 17.1. The number of fused-ring (bicyclic) bond motifs is 1. The van der Waals surface area contributed by atoms with Crippen LogP contribution in [0.3, 0.4) is 0 Å². The molecule has 7 heteroatoms. The van der Waals surface area contributed by atoms with E-state index in [1.54, 1.807) is 17.2 Å². The van der Waals surface area contributed by atoms with E-state index in [-0.39, 0.29) is 24.3 Å². The minimum atomic E-state index is -0.580. The zero-order chi connectivity index (χ0) is 20.8. The number of rotatable bonds is 6. The number of nitrogens with one attached hydrogen (secondary N) is 2. The van der Waals surface area contributed by atoms with E-state index in [1.165, 1.54) is 0 Å². The lowest BCUT2D eigenvalue weighted by Gasteiger charge is -2.34. The molecule has 0 bridgehead atoms. The molecule has 156 valence electrons. The number of benzene rings is 1. The molecule has 1 fully saturated rings. The average molecular weight is 399 g/mol. The Bertz CT molecular complexity index is 842. The van der Waals surface area contributed by atoms with Crippen LogP contribution in [0, 0.1) is 11.8 Å². The fraction of sp³-hybridized carbons (Fsp3) is 0.500. The van der Waals surface area contributed by atoms with Crippen molar-refractivity contribution in [1.82, 2.24) is 15.2 Å². The molecule has 1 aliphatic rings. The van der Waals surface area contributed by atoms with Gasteiger partial charge in [-0.3, -0.25) is 9.78 Å². The van der Waals surface area contributed by atoms with Gasteiger partial charge in [0.1, 0.15) is 6.04 Å². The number of amides is 3. The molecule has 1 atom stereocenters. The summed E-state index contributed by atoms with van der Waals surface area (Å²) in [6.07, 6.45) is 3.85. The van der Waals surface area contributed by atoms with Crippen molar-refractivity contribution in [3.05, 3.63) is 36.5 Å². The minimum absolute atomic E-state index is 0.0544. The highest BCUT2D eigenvalue weighted by Gasteiger charge is 2.29. The van der Waals surface area contributed by atoms with Crippen LogP contribution in [0.25, 0.3) is 10.9 Å². The van der Waals surface area contributed by atoms with Gasteiger partial charge in [-0.05, 0) is 43.2 Å². The van der Waals surface area contributed by atoms with E-state index in [4.69, 9.17) is 0 Å². The number of aliphatic hydroxyl groups is 1. The number of carbonyl (C=O) groups is 2. The first-order valence-electron chi connectivity index (χ1n) is 10.3. The molecule has 1 aromatic carbocycles. The van der Waals surface area contributed by atoms with Crippen molar-refractivity contribution in [2.75, 3.05) is 25.0 Å². The first-order valence-corrected chi connectivity index (χ1v) is 10.3. The van der Waals surface area contributed by atoms with Crippen molar-refractivity contribution >= 4 is 28.5 Å². The van der Waals surface area contributed by atoms with Gasteiger partial charge in [0, 0.05) is 31.3 Å². The lowest BCUT2D eigenvalue weighted by atomic mass is 9.96. The van der Waals surface area contributed by atoms with E-state index in [0.717, 1.165) is 18.2 Å². The molecule has 1 aliphatic heterocycles. The van der Waals surface area contributed by atoms with Crippen molar-refractivity contribution in [3.8, 4) is 0 Å². The molecule has 0 radical (unpaired) electrons. The number of urea groups is 1. The Balaban J connectivity index is 1.67. The van der Waals surface area contributed by atoms with Crippen LogP contribution < -0.4 is 10.6 Å². The summed E-state index contributed by atoms with van der Waals surface area (Å²) in [7, 11) is 0. The Morgan fingerprint density at radius 3 is 2.62 bits per heavy atom. The molecule has 3 rings (SSSR count). The topological polar surface area (TPSA) is 94.6 Å². The highest BCUT2D eigenvalue weighted by molar-refractivity contribution is 6.00. The van der Waals surface area contributed by atoms with Crippen molar-refractivity contribution in [1.29, 1.82) is 0 Å². The smallest absolute Gasteiger partial charge is 0.319 e. The molecule has 2 aromatic rings. The zero-order valence-corrected chi connectivity index (χ0v) is 17.1. The predicted molar refractivity (Wildman–Crippen MR) is 114 cm³/mol. The number of aliphatic hydroxyl groups excluding tert-OH is 1. The molecule has 1 aromatic heterocycles. The number of piperidine rings is 1. The second-order valence-corrected chi connectivity index (χ2v) is 8.11. The molecule has 1 saturated heterocycles. The van der Waals surface area contributed by atoms with Gasteiger partial charge in [0.25, 0.3) is 0 Å². The van der Waals surface area contributed by atoms with E-state index in [2.05, 4.69) is 15.6 Å². The summed E-state index contributed by atoms with van der Waals surface area (Å²) in [6.45, 7) is 5.47. The predicted octanol–water partition coefficient (Wildman–Crippen LogP) is 3.00. The largest absolute Gasteiger partial charge is 0.396 e. The summed E-state index contributed by atoms with van der Waals surface area (Å²) in [5, 5.41) is 16.0. The molecule has 0 spiro atoms. The normalized spacial score (nSPS) is 16.1. The number of hydrogen-bond donors (Lipinski definition) is 3. The fourth-order valence-corrected chi connectivity index (χ4v) is 3.77. The van der Waals surface area contributed by atoms with Crippen molar-refractivity contribution < 1.29 is 14.7 Å². The summed E-state index contributed by atoms with van der Waals surface area (Å²) in [4.78, 5) is 31.9. The summed E-state index contributed by atoms with van der Waals surface area (Å²) in [5.74, 6) is 0.470. The summed E-state index contributed by atoms with van der Waals surface area (Å²) >= 11 is 0. The lowest BCUT2D eigenvalue weighted by Crippen LogP contribution is -2.52. The standard InChI is InChI=1S/C22H30N4O3/c1-15(2)13-19(21(28)26-11-8-16(14-27)9-12-26)25-22(29)24-18-7-3-5-17-6-4-10-23-20(17)18/h3-7,10,15-16,19,27H,8-9,11-14H2,1-2H3,(H2,24,25,29). The molecular weight excluding hydrogens is 368 g/mol. The monoisotopic (exact) mass is 398 g/mol. The Morgan fingerprint density at radius 1 is 1.21 bits per heavy atom. The molecule has 3 amide bonds. The van der Waals surface area contributed by atoms with Crippen LogP contribution in [0.15, 0.2) is 36.5 Å². The summed E-state index contributed by atoms with van der Waals surface area (Å²) in [5.41, 5.74) is 1.32. The Labute approximate surface area is 171 Å². The molecule has 2 heterocycles. The Kier molecular flexibility index (Phi) is 7.04. The number of anilines is 1. The van der Waals surface area contributed by atoms with Crippen LogP contribution in [-0.2, 0) is 4.79 Å². The van der Waals surface area contributed by atoms with Gasteiger partial charge in [-0.15, -0.1) is 0 Å². The van der Waals surface area contributed by atoms with E-state index < -0.39 is 12.1 Å². The van der Waals surface area contributed by atoms with Crippen LogP contribution in [0.5, 0.6) is 0 Å². The van der Waals surface area contributed by atoms with Gasteiger partial charge in [-0.1, -0.05) is 32.0 Å². The molecular formula is C22H30N4O3. The van der Waals surface area contributed by atoms with Crippen molar-refractivity contribution in [2.24, 2.45) is 11.8 Å². The number of nitrogens with zero attached hydrogens (tertiary/aromatic N) is 2. The summed E-state index contributed by atoms with van der Waals surface area (Å²) < 4.78 is 0. The van der Waals surface area contributed by atoms with Gasteiger partial charge in [0.2, 0.25) is 5.91 Å². The maximum Gasteiger partial charge on any atom is 0.319 e. The van der Waals surface area contributed by atoms with Crippen molar-refractivity contribution in [2.45, 2.75) is 39.2 Å². The molecule has 3 N–H and O–H groups in total. The Hall–Kier alpha value is -2.67. The second kappa shape index (κ2) is 9.69. The molecule has 0 saturated carbocycles. The fourth-order valence-electron chi connectivity index (χ4n) is 3.77. The van der Waals surface area contributed by atoms with Crippen LogP contribution in [-0.4, -0.2) is 52.7 Å². The third-order valence-electron chi connectivity index (χ3n) is 5.38. The first-order chi connectivity index (χ1) is 14.0. The summed E-state index contributed by atoms with van der Waals surface area (Å²) in [6, 6.07) is 8.40. The van der Waals surface area contributed by atoms with Gasteiger partial charge >= 0.3 is 6.03 Å². The van der Waals surface area contributed by atoms with Gasteiger partial charge < -0.3 is 20.6 Å². The second-order valence-electron chi connectivity index (χ2n) is 8.11. The van der Waals surface area contributed by atoms with Gasteiger partial charge in [0.15, 0.2) is 0 Å².